The Bertz CT molecular complexity index is 1100. The molecule has 0 bridgehead atoms. The number of para-hydroxylation sites is 1. The van der Waals surface area contributed by atoms with Crippen LogP contribution < -0.4 is 15.0 Å². The van der Waals surface area contributed by atoms with E-state index in [9.17, 15) is 14.4 Å². The fourth-order valence-electron chi connectivity index (χ4n) is 3.78. The molecule has 0 aliphatic carbocycles. The molecular formula is C25H25N3O4S. The molecule has 8 heteroatoms. The van der Waals surface area contributed by atoms with E-state index in [4.69, 9.17) is 4.74 Å². The first-order chi connectivity index (χ1) is 16.1. The van der Waals surface area contributed by atoms with E-state index in [2.05, 4.69) is 5.32 Å². The molecule has 2 aromatic carbocycles. The molecule has 1 N–H and O–H groups in total. The molecule has 1 atom stereocenters. The van der Waals surface area contributed by atoms with Gasteiger partial charge in [-0.3, -0.25) is 9.59 Å². The molecule has 1 aliphatic heterocycles. The summed E-state index contributed by atoms with van der Waals surface area (Å²) < 4.78 is 5.42. The van der Waals surface area contributed by atoms with Gasteiger partial charge in [-0.25, -0.2) is 9.69 Å². The van der Waals surface area contributed by atoms with Crippen LogP contribution in [0.3, 0.4) is 0 Å². The molecule has 4 rings (SSSR count). The van der Waals surface area contributed by atoms with Crippen molar-refractivity contribution in [3.8, 4) is 5.75 Å². The lowest BCUT2D eigenvalue weighted by Gasteiger charge is -2.21. The molecule has 0 saturated carbocycles. The summed E-state index contributed by atoms with van der Waals surface area (Å²) >= 11 is 1.60. The minimum atomic E-state index is -0.861. The van der Waals surface area contributed by atoms with Crippen LogP contribution in [-0.4, -0.2) is 41.9 Å². The van der Waals surface area contributed by atoms with Crippen molar-refractivity contribution in [1.82, 2.24) is 4.90 Å². The normalized spacial score (nSPS) is 15.7. The van der Waals surface area contributed by atoms with E-state index >= 15 is 0 Å². The lowest BCUT2D eigenvalue weighted by molar-refractivity contribution is -0.124. The van der Waals surface area contributed by atoms with Crippen molar-refractivity contribution in [3.63, 3.8) is 0 Å². The molecule has 1 aromatic heterocycles. The number of amides is 4. The van der Waals surface area contributed by atoms with Gasteiger partial charge in [0, 0.05) is 17.1 Å². The predicted molar refractivity (Wildman–Crippen MR) is 129 cm³/mol. The molecule has 1 aliphatic rings. The van der Waals surface area contributed by atoms with Crippen LogP contribution in [0.15, 0.2) is 72.1 Å². The van der Waals surface area contributed by atoms with Crippen molar-refractivity contribution in [1.29, 1.82) is 0 Å². The summed E-state index contributed by atoms with van der Waals surface area (Å²) in [4.78, 5) is 43.1. The number of rotatable bonds is 9. The number of urea groups is 1. The molecule has 1 fully saturated rings. The van der Waals surface area contributed by atoms with Gasteiger partial charge in [-0.15, -0.1) is 11.3 Å². The zero-order chi connectivity index (χ0) is 23.2. The molecule has 1 saturated heterocycles. The number of imide groups is 1. The molecule has 3 aromatic rings. The van der Waals surface area contributed by atoms with E-state index in [1.807, 2.05) is 30.5 Å². The van der Waals surface area contributed by atoms with E-state index in [0.717, 1.165) is 4.88 Å². The fraction of sp³-hybridized carbons (Fsp3) is 0.240. The molecule has 2 heterocycles. The summed E-state index contributed by atoms with van der Waals surface area (Å²) in [7, 11) is 0. The van der Waals surface area contributed by atoms with Crippen molar-refractivity contribution in [3.05, 3.63) is 77.0 Å². The first kappa shape index (κ1) is 22.5. The molecular weight excluding hydrogens is 438 g/mol. The monoisotopic (exact) mass is 463 g/mol. The molecule has 170 valence electrons. The Hall–Kier alpha value is -3.65. The molecule has 33 heavy (non-hydrogen) atoms. The van der Waals surface area contributed by atoms with Crippen LogP contribution in [-0.2, 0) is 16.0 Å². The lowest BCUT2D eigenvalue weighted by Crippen LogP contribution is -2.39. The van der Waals surface area contributed by atoms with Crippen LogP contribution in [0, 0.1) is 0 Å². The summed E-state index contributed by atoms with van der Waals surface area (Å²) in [5.74, 6) is -0.00844. The van der Waals surface area contributed by atoms with Gasteiger partial charge in [-0.2, -0.15) is 0 Å². The standard InChI is InChI=1S/C25H25N3O4S/c1-2-32-20-12-10-18(11-13-20)26-23(29)17-22-24(30)28(19-7-4-3-5-8-19)25(31)27(22)15-14-21-9-6-16-33-21/h3-13,16,22H,2,14-15,17H2,1H3,(H,26,29)/t22-/m1/s1. The molecule has 0 spiro atoms. The van der Waals surface area contributed by atoms with Crippen LogP contribution >= 0.6 is 11.3 Å². The first-order valence-corrected chi connectivity index (χ1v) is 11.7. The van der Waals surface area contributed by atoms with E-state index in [0.29, 0.717) is 36.7 Å². The lowest BCUT2D eigenvalue weighted by atomic mass is 10.1. The second kappa shape index (κ2) is 10.3. The van der Waals surface area contributed by atoms with Crippen molar-refractivity contribution in [2.24, 2.45) is 0 Å². The zero-order valence-electron chi connectivity index (χ0n) is 18.3. The number of thiophene rings is 1. The summed E-state index contributed by atoms with van der Waals surface area (Å²) in [6.45, 7) is 2.82. The second-order valence-corrected chi connectivity index (χ2v) is 8.57. The van der Waals surface area contributed by atoms with Crippen molar-refractivity contribution >= 4 is 40.6 Å². The maximum Gasteiger partial charge on any atom is 0.332 e. The minimum Gasteiger partial charge on any atom is -0.494 e. The van der Waals surface area contributed by atoms with E-state index in [-0.39, 0.29) is 18.2 Å². The van der Waals surface area contributed by atoms with Gasteiger partial charge in [0.1, 0.15) is 11.8 Å². The van der Waals surface area contributed by atoms with Gasteiger partial charge in [0.25, 0.3) is 5.91 Å². The Morgan fingerprint density at radius 2 is 1.79 bits per heavy atom. The van der Waals surface area contributed by atoms with Gasteiger partial charge < -0.3 is 15.0 Å². The van der Waals surface area contributed by atoms with Crippen molar-refractivity contribution < 1.29 is 19.1 Å². The van der Waals surface area contributed by atoms with Crippen LogP contribution in [0.4, 0.5) is 16.2 Å². The van der Waals surface area contributed by atoms with Gasteiger partial charge >= 0.3 is 6.03 Å². The van der Waals surface area contributed by atoms with Gasteiger partial charge in [-0.05, 0) is 61.2 Å². The number of benzene rings is 2. The molecule has 7 nitrogen and oxygen atoms in total. The van der Waals surface area contributed by atoms with Gasteiger partial charge in [-0.1, -0.05) is 24.3 Å². The topological polar surface area (TPSA) is 79.0 Å². The smallest absolute Gasteiger partial charge is 0.332 e. The Labute approximate surface area is 196 Å². The average Bonchev–Trinajstić information content (AvgIpc) is 3.41. The Balaban J connectivity index is 1.50. The predicted octanol–water partition coefficient (Wildman–Crippen LogP) is 4.56. The van der Waals surface area contributed by atoms with Crippen LogP contribution in [0.5, 0.6) is 5.75 Å². The number of anilines is 2. The number of ether oxygens (including phenoxy) is 1. The number of carbonyl (C=O) groups excluding carboxylic acids is 3. The Morgan fingerprint density at radius 1 is 1.03 bits per heavy atom. The van der Waals surface area contributed by atoms with E-state index < -0.39 is 12.1 Å². The van der Waals surface area contributed by atoms with Gasteiger partial charge in [0.2, 0.25) is 5.91 Å². The highest BCUT2D eigenvalue weighted by atomic mass is 32.1. The molecule has 4 amide bonds. The third-order valence-corrected chi connectivity index (χ3v) is 6.28. The van der Waals surface area contributed by atoms with E-state index in [1.54, 1.807) is 59.9 Å². The Morgan fingerprint density at radius 3 is 2.45 bits per heavy atom. The third-order valence-electron chi connectivity index (χ3n) is 5.34. The summed E-state index contributed by atoms with van der Waals surface area (Å²) in [5, 5.41) is 4.79. The SMILES string of the molecule is CCOc1ccc(NC(=O)C[C@@H]2C(=O)N(c3ccccc3)C(=O)N2CCc2cccs2)cc1. The largest absolute Gasteiger partial charge is 0.494 e. The summed E-state index contributed by atoms with van der Waals surface area (Å²) in [5.41, 5.74) is 1.10. The highest BCUT2D eigenvalue weighted by Gasteiger charge is 2.46. The zero-order valence-corrected chi connectivity index (χ0v) is 19.1. The number of hydrogen-bond donors (Lipinski definition) is 1. The van der Waals surface area contributed by atoms with Crippen molar-refractivity contribution in [2.45, 2.75) is 25.8 Å². The first-order valence-electron chi connectivity index (χ1n) is 10.8. The quantitative estimate of drug-likeness (QED) is 0.472. The maximum absolute atomic E-state index is 13.3. The highest BCUT2D eigenvalue weighted by Crippen LogP contribution is 2.28. The second-order valence-electron chi connectivity index (χ2n) is 7.54. The molecule has 0 radical (unpaired) electrons. The summed E-state index contributed by atoms with van der Waals surface area (Å²) in [6.07, 6.45) is 0.502. The number of carbonyl (C=O) groups is 3. The molecule has 0 unspecified atom stereocenters. The number of hydrogen-bond acceptors (Lipinski definition) is 5. The minimum absolute atomic E-state index is 0.119. The fourth-order valence-corrected chi connectivity index (χ4v) is 4.47. The number of nitrogens with one attached hydrogen (secondary N) is 1. The highest BCUT2D eigenvalue weighted by molar-refractivity contribution is 7.09. The maximum atomic E-state index is 13.3. The average molecular weight is 464 g/mol. The third kappa shape index (κ3) is 5.23. The van der Waals surface area contributed by atoms with Crippen molar-refractivity contribution in [2.75, 3.05) is 23.4 Å². The van der Waals surface area contributed by atoms with Gasteiger partial charge in [0.05, 0.1) is 18.7 Å². The number of nitrogens with zero attached hydrogens (tertiary/aromatic N) is 2. The van der Waals surface area contributed by atoms with Crippen LogP contribution in [0.25, 0.3) is 0 Å². The van der Waals surface area contributed by atoms with Crippen LogP contribution in [0.1, 0.15) is 18.2 Å². The van der Waals surface area contributed by atoms with E-state index in [1.165, 1.54) is 9.80 Å². The van der Waals surface area contributed by atoms with Gasteiger partial charge in [0.15, 0.2) is 0 Å². The van der Waals surface area contributed by atoms with Crippen LogP contribution in [0.2, 0.25) is 0 Å². The summed E-state index contributed by atoms with van der Waals surface area (Å²) in [6, 6.07) is 18.5. The Kier molecular flexibility index (Phi) is 7.04.